The second-order valence-electron chi connectivity index (χ2n) is 35.9. The van der Waals surface area contributed by atoms with Crippen LogP contribution >= 0.6 is 0 Å². The maximum atomic E-state index is 6.99. The number of aromatic nitrogens is 10. The highest BCUT2D eigenvalue weighted by molar-refractivity contribution is 6.98. The molecule has 0 saturated carbocycles. The minimum atomic E-state index is -0.0494. The summed E-state index contributed by atoms with van der Waals surface area (Å²) >= 11 is 0. The maximum absolute atomic E-state index is 6.99. The van der Waals surface area contributed by atoms with Gasteiger partial charge in [0.15, 0.2) is 5.82 Å². The molecule has 28 aromatic rings. The van der Waals surface area contributed by atoms with Gasteiger partial charge < -0.3 is 32.3 Å². The Labute approximate surface area is 777 Å². The fourth-order valence-electron chi connectivity index (χ4n) is 23.3. The Bertz CT molecular complexity index is 9680. The fraction of sp³-hybridized carbons (Fsp3) is 0. The van der Waals surface area contributed by atoms with Gasteiger partial charge in [-0.05, 0) is 161 Å². The average molecular weight is 1730 g/mol. The Morgan fingerprint density at radius 2 is 0.529 bits per heavy atom. The molecule has 8 aromatic heterocycles. The lowest BCUT2D eigenvalue weighted by Gasteiger charge is -2.33. The van der Waals surface area contributed by atoms with Gasteiger partial charge in [-0.1, -0.05) is 297 Å². The molecule has 30 rings (SSSR count). The summed E-state index contributed by atoms with van der Waals surface area (Å²) < 4.78 is 30.8. The summed E-state index contributed by atoms with van der Waals surface area (Å²) in [5.41, 5.74) is 30.5. The van der Waals surface area contributed by atoms with Crippen LogP contribution < -0.4 is 25.9 Å². The van der Waals surface area contributed by atoms with E-state index in [4.69, 9.17) is 24.4 Å². The lowest BCUT2D eigenvalue weighted by Crippen LogP contribution is -2.57. The van der Waals surface area contributed by atoms with Crippen molar-refractivity contribution in [3.05, 3.63) is 443 Å². The van der Waals surface area contributed by atoms with Crippen LogP contribution in [0.1, 0.15) is 0 Å². The molecule has 2 aliphatic heterocycles. The molecule has 0 saturated heterocycles. The lowest BCUT2D eigenvalue weighted by atomic mass is 9.35. The monoisotopic (exact) mass is 1730 g/mol. The third-order valence-corrected chi connectivity index (χ3v) is 28.9. The molecule has 0 radical (unpaired) electrons. The van der Waals surface area contributed by atoms with Crippen molar-refractivity contribution < 1.29 is 9.47 Å². The zero-order chi connectivity index (χ0) is 88.6. The highest BCUT2D eigenvalue weighted by Gasteiger charge is 2.41. The van der Waals surface area contributed by atoms with Crippen LogP contribution in [0.2, 0.25) is 0 Å². The Balaban J connectivity index is 0.617. The number of fused-ring (bicyclic) bond motifs is 25. The first-order valence-electron chi connectivity index (χ1n) is 46.4. The number of rotatable bonds is 11. The summed E-state index contributed by atoms with van der Waals surface area (Å²) in [5.74, 6) is 4.83. The van der Waals surface area contributed by atoms with Gasteiger partial charge in [-0.25, -0.2) is 0 Å². The van der Waals surface area contributed by atoms with Crippen molar-refractivity contribution in [2.45, 2.75) is 0 Å². The largest absolute Gasteiger partial charge is 0.458 e. The smallest absolute Gasteiger partial charge is 0.260 e. The molecule has 0 unspecified atom stereocenters. The standard InChI is InChI=1S/C123H73BN10O2/c1-16-49-99-80(31-1)81-32-2-17-50-100(81)130(99)101-51-18-3-39-88(101)91-66-63-75(78-43-30-60-112-118(78)92-42-12-26-59-109(92)129(112)77-72-116-119-117(73-77)136-115-62-28-14-47-97(115)124(119)96-46-13-27-61-114(96)135-116)70-113(91)131-102-52-19-11-41-90(102)95-71-76(65-68-111(95)131)128-98-48-15-10-40-89(98)94-69-74(64-67-110(94)128)79-44-29-45-93(120(79)132-103-53-20-4-33-82(103)83-34-5-21-54-104(83)132)121-125-122(133-105-55-22-6-35-84(105)85-36-7-23-56-106(85)133)127-123(126-121)134-107-57-24-8-37-86(107)87-38-9-25-58-108(87)134/h1-73H. The second kappa shape index (κ2) is 28.6. The molecule has 2 aliphatic rings. The number of para-hydroxylation sites is 15. The molecule has 10 heterocycles. The van der Waals surface area contributed by atoms with E-state index in [1.807, 2.05) is 0 Å². The highest BCUT2D eigenvalue weighted by Crippen LogP contribution is 2.50. The number of benzene rings is 20. The molecule has 13 heteroatoms. The summed E-state index contributed by atoms with van der Waals surface area (Å²) in [5, 5.41) is 15.9. The molecular weight excluding hydrogens is 1660 g/mol. The third kappa shape index (κ3) is 10.6. The van der Waals surface area contributed by atoms with Crippen LogP contribution in [0.5, 0.6) is 23.0 Å². The molecule has 630 valence electrons. The molecule has 0 bridgehead atoms. The molecule has 0 atom stereocenters. The first-order valence-corrected chi connectivity index (χ1v) is 46.4. The molecule has 0 N–H and O–H groups in total. The van der Waals surface area contributed by atoms with Crippen LogP contribution in [0.25, 0.3) is 238 Å². The Morgan fingerprint density at radius 1 is 0.191 bits per heavy atom. The average Bonchev–Trinajstić information content (AvgIpc) is 1.36. The van der Waals surface area contributed by atoms with E-state index in [0.717, 1.165) is 249 Å². The quantitative estimate of drug-likeness (QED) is 0.120. The van der Waals surface area contributed by atoms with Gasteiger partial charge in [-0.3, -0.25) is 9.13 Å². The van der Waals surface area contributed by atoms with E-state index >= 15 is 0 Å². The zero-order valence-electron chi connectivity index (χ0n) is 73.0. The zero-order valence-corrected chi connectivity index (χ0v) is 73.0. The number of nitrogens with zero attached hydrogens (tertiary/aromatic N) is 10. The van der Waals surface area contributed by atoms with Crippen LogP contribution in [0.3, 0.4) is 0 Å². The summed E-state index contributed by atoms with van der Waals surface area (Å²) in [7, 11) is 0. The van der Waals surface area contributed by atoms with Gasteiger partial charge in [0, 0.05) is 121 Å². The molecule has 0 amide bonds. The van der Waals surface area contributed by atoms with E-state index in [1.54, 1.807) is 0 Å². The molecule has 0 aliphatic carbocycles. The van der Waals surface area contributed by atoms with Gasteiger partial charge in [0.05, 0.1) is 100.0 Å². The van der Waals surface area contributed by atoms with Crippen molar-refractivity contribution in [3.8, 4) is 108 Å². The van der Waals surface area contributed by atoms with Gasteiger partial charge >= 0.3 is 0 Å². The first kappa shape index (κ1) is 74.5. The van der Waals surface area contributed by atoms with Gasteiger partial charge in [0.1, 0.15) is 23.0 Å². The molecular formula is C123H73BN10O2. The van der Waals surface area contributed by atoms with Crippen LogP contribution in [-0.2, 0) is 0 Å². The normalized spacial score (nSPS) is 12.5. The number of hydrogen-bond acceptors (Lipinski definition) is 5. The van der Waals surface area contributed by atoms with E-state index < -0.39 is 0 Å². The minimum absolute atomic E-state index is 0.0494. The Hall–Kier alpha value is -18.3. The van der Waals surface area contributed by atoms with Crippen LogP contribution in [0.15, 0.2) is 443 Å². The number of hydrogen-bond donors (Lipinski definition) is 0. The minimum Gasteiger partial charge on any atom is -0.458 e. The van der Waals surface area contributed by atoms with E-state index in [1.165, 1.54) is 10.8 Å². The summed E-state index contributed by atoms with van der Waals surface area (Å²) in [6, 6.07) is 162. The highest BCUT2D eigenvalue weighted by atomic mass is 16.5. The number of ether oxygens (including phenoxy) is 2. The fourth-order valence-corrected chi connectivity index (χ4v) is 23.3. The molecule has 0 fully saturated rings. The Morgan fingerprint density at radius 3 is 1.05 bits per heavy atom. The van der Waals surface area contributed by atoms with Crippen LogP contribution in [0.4, 0.5) is 0 Å². The summed E-state index contributed by atoms with van der Waals surface area (Å²) in [6.07, 6.45) is 0. The van der Waals surface area contributed by atoms with Gasteiger partial charge in [0.2, 0.25) is 11.9 Å². The Kier molecular flexibility index (Phi) is 15.7. The topological polar surface area (TPSA) is 91.6 Å². The predicted molar refractivity (Wildman–Crippen MR) is 560 cm³/mol. The van der Waals surface area contributed by atoms with E-state index in [-0.39, 0.29) is 6.71 Å². The molecule has 0 spiro atoms. The van der Waals surface area contributed by atoms with Crippen molar-refractivity contribution in [1.82, 2.24) is 46.9 Å². The van der Waals surface area contributed by atoms with Crippen molar-refractivity contribution in [2.75, 3.05) is 0 Å². The maximum Gasteiger partial charge on any atom is 0.260 e. The van der Waals surface area contributed by atoms with Crippen LogP contribution in [-0.4, -0.2) is 53.6 Å². The first-order chi connectivity index (χ1) is 67.5. The molecule has 136 heavy (non-hydrogen) atoms. The van der Waals surface area contributed by atoms with Crippen molar-refractivity contribution >= 4 is 176 Å². The molecule has 20 aromatic carbocycles. The van der Waals surface area contributed by atoms with Gasteiger partial charge in [0.25, 0.3) is 6.71 Å². The van der Waals surface area contributed by atoms with Gasteiger partial charge in [-0.15, -0.1) is 0 Å². The van der Waals surface area contributed by atoms with E-state index in [2.05, 4.69) is 475 Å². The SMILES string of the molecule is c1ccc2c(c1)Oc1cc(-n3c4ccccc4c4c(-c5ccc(-c6ccccc6-n6c7ccccc7c7ccccc76)c(-n6c7ccccc7c7cc(-n8c9ccccc9c9cc(-c%10cccc(-c%11nc(-n%12c%13ccccc%13c%13ccccc%13%12)nc(-n%12c%13ccccc%13c%13ccccc%13%12)n%11)c%10-n%10c%11ccccc%11c%11ccccc%11%10)ccc98)ccc76)c5)cccc43)cc3c1B2c1ccccc1O3. The van der Waals surface area contributed by atoms with Gasteiger partial charge in [-0.2, -0.15) is 15.0 Å². The molecule has 12 nitrogen and oxygen atoms in total. The van der Waals surface area contributed by atoms with Crippen molar-refractivity contribution in [3.63, 3.8) is 0 Å². The van der Waals surface area contributed by atoms with E-state index in [9.17, 15) is 0 Å². The van der Waals surface area contributed by atoms with Crippen molar-refractivity contribution in [2.24, 2.45) is 0 Å². The summed E-state index contributed by atoms with van der Waals surface area (Å²) in [4.78, 5) is 17.2. The predicted octanol–water partition coefficient (Wildman–Crippen LogP) is 28.9. The van der Waals surface area contributed by atoms with E-state index in [0.29, 0.717) is 17.7 Å². The van der Waals surface area contributed by atoms with Crippen molar-refractivity contribution in [1.29, 1.82) is 0 Å². The lowest BCUT2D eigenvalue weighted by molar-refractivity contribution is 0.464. The second-order valence-corrected chi connectivity index (χ2v) is 35.9. The van der Waals surface area contributed by atoms with Crippen LogP contribution in [0, 0.1) is 0 Å². The summed E-state index contributed by atoms with van der Waals surface area (Å²) in [6.45, 7) is -0.0494. The third-order valence-electron chi connectivity index (χ3n) is 28.9.